The van der Waals surface area contributed by atoms with Crippen molar-refractivity contribution in [2.45, 2.75) is 6.54 Å². The normalized spacial score (nSPS) is 10.7. The molecule has 0 atom stereocenters. The number of fused-ring (bicyclic) bond motifs is 1. The van der Waals surface area contributed by atoms with Gasteiger partial charge in [-0.2, -0.15) is 0 Å². The zero-order chi connectivity index (χ0) is 17.1. The van der Waals surface area contributed by atoms with Gasteiger partial charge < -0.3 is 14.8 Å². The molecule has 2 aromatic carbocycles. The fourth-order valence-electron chi connectivity index (χ4n) is 2.42. The van der Waals surface area contributed by atoms with Crippen molar-refractivity contribution in [3.63, 3.8) is 0 Å². The number of halogens is 2. The molecule has 1 N–H and O–H groups in total. The Bertz CT molecular complexity index is 886. The maximum absolute atomic E-state index is 14.2. The number of ether oxygens (including phenoxy) is 2. The third-order valence-corrected chi connectivity index (χ3v) is 4.17. The summed E-state index contributed by atoms with van der Waals surface area (Å²) in [6.45, 7) is 0.386. The number of nitrogens with one attached hydrogen (secondary N) is 1. The Morgan fingerprint density at radius 1 is 1.08 bits per heavy atom. The van der Waals surface area contributed by atoms with Gasteiger partial charge in [-0.1, -0.05) is 22.0 Å². The Morgan fingerprint density at radius 2 is 1.92 bits per heavy atom. The first-order valence-electron chi connectivity index (χ1n) is 7.31. The molecular weight excluding hydrogens is 375 g/mol. The van der Waals surface area contributed by atoms with E-state index in [4.69, 9.17) is 9.47 Å². The number of aromatic nitrogens is 1. The highest BCUT2D eigenvalue weighted by atomic mass is 79.9. The highest BCUT2D eigenvalue weighted by molar-refractivity contribution is 9.10. The molecule has 0 aliphatic carbocycles. The number of methoxy groups -OCH3 is 2. The molecule has 124 valence electrons. The molecule has 0 unspecified atom stereocenters. The van der Waals surface area contributed by atoms with E-state index < -0.39 is 5.82 Å². The third kappa shape index (κ3) is 3.43. The molecule has 24 heavy (non-hydrogen) atoms. The molecule has 4 nitrogen and oxygen atoms in total. The van der Waals surface area contributed by atoms with E-state index >= 15 is 0 Å². The van der Waals surface area contributed by atoms with Gasteiger partial charge in [0, 0.05) is 28.0 Å². The van der Waals surface area contributed by atoms with Crippen LogP contribution in [-0.2, 0) is 6.54 Å². The van der Waals surface area contributed by atoms with Crippen LogP contribution in [0.3, 0.4) is 0 Å². The smallest absolute Gasteiger partial charge is 0.166 e. The monoisotopic (exact) mass is 390 g/mol. The van der Waals surface area contributed by atoms with E-state index in [1.54, 1.807) is 20.3 Å². The second-order valence-electron chi connectivity index (χ2n) is 5.19. The predicted octanol–water partition coefficient (Wildman–Crippen LogP) is 4.77. The van der Waals surface area contributed by atoms with Crippen LogP contribution in [0.25, 0.3) is 10.9 Å². The lowest BCUT2D eigenvalue weighted by Gasteiger charge is -2.12. The molecule has 0 aliphatic rings. The molecule has 1 heterocycles. The van der Waals surface area contributed by atoms with Crippen LogP contribution in [0.15, 0.2) is 46.9 Å². The number of hydrogen-bond acceptors (Lipinski definition) is 4. The van der Waals surface area contributed by atoms with Crippen LogP contribution < -0.4 is 14.8 Å². The molecule has 3 rings (SSSR count). The lowest BCUT2D eigenvalue weighted by atomic mass is 10.2. The van der Waals surface area contributed by atoms with Gasteiger partial charge >= 0.3 is 0 Å². The van der Waals surface area contributed by atoms with E-state index in [-0.39, 0.29) is 5.82 Å². The second kappa shape index (κ2) is 7.05. The molecule has 6 heteroatoms. The van der Waals surface area contributed by atoms with E-state index in [0.29, 0.717) is 18.0 Å². The minimum Gasteiger partial charge on any atom is -0.497 e. The molecule has 0 spiro atoms. The second-order valence-corrected chi connectivity index (χ2v) is 6.10. The number of anilines is 1. The fraction of sp³-hybridized carbons (Fsp3) is 0.167. The van der Waals surface area contributed by atoms with Crippen molar-refractivity contribution in [3.05, 3.63) is 58.3 Å². The van der Waals surface area contributed by atoms with Crippen LogP contribution >= 0.6 is 15.9 Å². The van der Waals surface area contributed by atoms with Gasteiger partial charge in [0.2, 0.25) is 0 Å². The van der Waals surface area contributed by atoms with Crippen LogP contribution in [0.1, 0.15) is 5.56 Å². The molecule has 0 radical (unpaired) electrons. The number of hydrogen-bond donors (Lipinski definition) is 1. The maximum atomic E-state index is 14.2. The zero-order valence-corrected chi connectivity index (χ0v) is 14.9. The van der Waals surface area contributed by atoms with Crippen LogP contribution in [0.2, 0.25) is 0 Å². The van der Waals surface area contributed by atoms with Gasteiger partial charge in [-0.05, 0) is 30.3 Å². The van der Waals surface area contributed by atoms with E-state index in [1.807, 2.05) is 30.3 Å². The van der Waals surface area contributed by atoms with Crippen LogP contribution in [0.4, 0.5) is 10.2 Å². The average molecular weight is 391 g/mol. The molecule has 0 saturated heterocycles. The summed E-state index contributed by atoms with van der Waals surface area (Å²) in [7, 11) is 3.18. The van der Waals surface area contributed by atoms with Gasteiger partial charge in [-0.25, -0.2) is 9.37 Å². The summed E-state index contributed by atoms with van der Waals surface area (Å²) in [6.07, 6.45) is 0. The Morgan fingerprint density at radius 3 is 2.67 bits per heavy atom. The Kier molecular flexibility index (Phi) is 4.85. The average Bonchev–Trinajstić information content (AvgIpc) is 2.60. The predicted molar refractivity (Wildman–Crippen MR) is 96.3 cm³/mol. The Balaban J connectivity index is 1.86. The van der Waals surface area contributed by atoms with Crippen molar-refractivity contribution >= 4 is 32.7 Å². The Hall–Kier alpha value is -2.34. The first kappa shape index (κ1) is 16.5. The summed E-state index contributed by atoms with van der Waals surface area (Å²) in [6, 6.07) is 12.5. The molecular formula is C18H16BrFN2O2. The standard InChI is InChI=1S/C18H16BrFN2O2/c1-23-14-6-4-12(17(9-14)24-2)10-21-18-15(20)7-11-3-5-13(19)8-16(11)22-18/h3-9H,10H2,1-2H3,(H,21,22). The molecule has 0 fully saturated rings. The molecule has 0 saturated carbocycles. The van der Waals surface area contributed by atoms with Gasteiger partial charge in [-0.15, -0.1) is 0 Å². The van der Waals surface area contributed by atoms with Crippen molar-refractivity contribution in [1.29, 1.82) is 0 Å². The lowest BCUT2D eigenvalue weighted by molar-refractivity contribution is 0.391. The SMILES string of the molecule is COc1ccc(CNc2nc3cc(Br)ccc3cc2F)c(OC)c1. The van der Waals surface area contributed by atoms with E-state index in [1.165, 1.54) is 6.07 Å². The molecule has 0 bridgehead atoms. The van der Waals surface area contributed by atoms with E-state index in [9.17, 15) is 4.39 Å². The molecule has 0 amide bonds. The van der Waals surface area contributed by atoms with E-state index in [2.05, 4.69) is 26.2 Å². The first-order chi connectivity index (χ1) is 11.6. The summed E-state index contributed by atoms with van der Waals surface area (Å²) in [5.74, 6) is 1.19. The van der Waals surface area contributed by atoms with Crippen molar-refractivity contribution < 1.29 is 13.9 Å². The summed E-state index contributed by atoms with van der Waals surface area (Å²) >= 11 is 3.40. The van der Waals surface area contributed by atoms with Crippen molar-refractivity contribution in [1.82, 2.24) is 4.98 Å². The number of nitrogens with zero attached hydrogens (tertiary/aromatic N) is 1. The maximum Gasteiger partial charge on any atom is 0.166 e. The van der Waals surface area contributed by atoms with Gasteiger partial charge in [0.05, 0.1) is 19.7 Å². The summed E-state index contributed by atoms with van der Waals surface area (Å²) in [5, 5.41) is 3.78. The largest absolute Gasteiger partial charge is 0.497 e. The Labute approximate surface area is 147 Å². The summed E-state index contributed by atoms with van der Waals surface area (Å²) in [4.78, 5) is 4.36. The summed E-state index contributed by atoms with van der Waals surface area (Å²) < 4.78 is 25.7. The third-order valence-electron chi connectivity index (χ3n) is 3.67. The lowest BCUT2D eigenvalue weighted by Crippen LogP contribution is -2.05. The van der Waals surface area contributed by atoms with Gasteiger partial charge in [0.15, 0.2) is 11.6 Å². The number of pyridine rings is 1. The minimum atomic E-state index is -0.391. The highest BCUT2D eigenvalue weighted by Crippen LogP contribution is 2.27. The summed E-state index contributed by atoms with van der Waals surface area (Å²) in [5.41, 5.74) is 1.60. The molecule has 1 aromatic heterocycles. The van der Waals surface area contributed by atoms with Crippen LogP contribution in [0, 0.1) is 5.82 Å². The highest BCUT2D eigenvalue weighted by Gasteiger charge is 2.09. The molecule has 3 aromatic rings. The van der Waals surface area contributed by atoms with E-state index in [0.717, 1.165) is 20.9 Å². The van der Waals surface area contributed by atoms with Crippen molar-refractivity contribution in [2.24, 2.45) is 0 Å². The van der Waals surface area contributed by atoms with Gasteiger partial charge in [0.25, 0.3) is 0 Å². The van der Waals surface area contributed by atoms with Crippen molar-refractivity contribution in [3.8, 4) is 11.5 Å². The minimum absolute atomic E-state index is 0.207. The topological polar surface area (TPSA) is 43.4 Å². The number of rotatable bonds is 5. The quantitative estimate of drug-likeness (QED) is 0.681. The zero-order valence-electron chi connectivity index (χ0n) is 13.3. The van der Waals surface area contributed by atoms with Crippen LogP contribution in [0.5, 0.6) is 11.5 Å². The van der Waals surface area contributed by atoms with Crippen molar-refractivity contribution in [2.75, 3.05) is 19.5 Å². The first-order valence-corrected chi connectivity index (χ1v) is 8.10. The number of benzene rings is 2. The van der Waals surface area contributed by atoms with Gasteiger partial charge in [0.1, 0.15) is 11.5 Å². The van der Waals surface area contributed by atoms with Gasteiger partial charge in [-0.3, -0.25) is 0 Å². The fourth-order valence-corrected chi connectivity index (χ4v) is 2.76. The molecule has 0 aliphatic heterocycles. The van der Waals surface area contributed by atoms with Crippen LogP contribution in [-0.4, -0.2) is 19.2 Å².